The fourth-order valence-electron chi connectivity index (χ4n) is 1.48. The molecule has 126 valence electrons. The van der Waals surface area contributed by atoms with Crippen LogP contribution < -0.4 is 16.4 Å². The molecule has 6 N–H and O–H groups in total. The average molecular weight is 317 g/mol. The molecule has 3 atom stereocenters. The monoisotopic (exact) mass is 317 g/mol. The minimum Gasteiger partial charge on any atom is -0.481 e. The normalized spacial score (nSPS) is 14.8. The molecule has 2 amide bonds. The summed E-state index contributed by atoms with van der Waals surface area (Å²) >= 11 is 0. The summed E-state index contributed by atoms with van der Waals surface area (Å²) in [5, 5.41) is 22.0. The van der Waals surface area contributed by atoms with Crippen LogP contribution in [0.3, 0.4) is 0 Å². The van der Waals surface area contributed by atoms with Gasteiger partial charge in [0.05, 0.1) is 6.04 Å². The van der Waals surface area contributed by atoms with Crippen LogP contribution in [0.2, 0.25) is 0 Å². The summed E-state index contributed by atoms with van der Waals surface area (Å²) < 4.78 is 0. The number of aliphatic carboxylic acids is 2. The highest BCUT2D eigenvalue weighted by molar-refractivity contribution is 5.92. The van der Waals surface area contributed by atoms with Crippen molar-refractivity contribution < 1.29 is 29.4 Å². The highest BCUT2D eigenvalue weighted by Crippen LogP contribution is 2.03. The lowest BCUT2D eigenvalue weighted by atomic mass is 10.0. The Morgan fingerprint density at radius 3 is 1.95 bits per heavy atom. The first kappa shape index (κ1) is 19.8. The number of nitrogens with two attached hydrogens (primary N) is 1. The standard InChI is InChI=1S/C13H23N3O6/c1-6(2)10(14)12(20)16-8(4-5-9(17)18)11(19)15-7(3)13(21)22/h6-8,10H,4-5,14H2,1-3H3,(H,15,19)(H,16,20)(H,17,18)(H,21,22)/t7-,8+,10+/m1/s1. The van der Waals surface area contributed by atoms with E-state index in [2.05, 4.69) is 10.6 Å². The molecular weight excluding hydrogens is 294 g/mol. The van der Waals surface area contributed by atoms with Crippen molar-refractivity contribution in [3.05, 3.63) is 0 Å². The van der Waals surface area contributed by atoms with Crippen LogP contribution in [0, 0.1) is 5.92 Å². The molecule has 0 aromatic rings. The smallest absolute Gasteiger partial charge is 0.325 e. The van der Waals surface area contributed by atoms with E-state index in [0.29, 0.717) is 0 Å². The van der Waals surface area contributed by atoms with Crippen LogP contribution in [0.15, 0.2) is 0 Å². The molecule has 0 fully saturated rings. The van der Waals surface area contributed by atoms with Crippen LogP contribution in [0.25, 0.3) is 0 Å². The molecule has 9 heteroatoms. The minimum atomic E-state index is -1.24. The Balaban J connectivity index is 4.88. The van der Waals surface area contributed by atoms with Gasteiger partial charge >= 0.3 is 11.9 Å². The molecule has 0 saturated heterocycles. The topological polar surface area (TPSA) is 159 Å². The van der Waals surface area contributed by atoms with Gasteiger partial charge in [-0.05, 0) is 19.3 Å². The van der Waals surface area contributed by atoms with E-state index in [-0.39, 0.29) is 18.8 Å². The molecule has 0 spiro atoms. The number of hydrogen-bond acceptors (Lipinski definition) is 5. The van der Waals surface area contributed by atoms with Crippen LogP contribution in [0.4, 0.5) is 0 Å². The molecule has 0 radical (unpaired) electrons. The first-order valence-electron chi connectivity index (χ1n) is 6.87. The number of rotatable bonds is 9. The third-order valence-corrected chi connectivity index (χ3v) is 3.03. The van der Waals surface area contributed by atoms with Crippen LogP contribution in [0.5, 0.6) is 0 Å². The van der Waals surface area contributed by atoms with Crippen molar-refractivity contribution in [1.82, 2.24) is 10.6 Å². The Morgan fingerprint density at radius 1 is 1.00 bits per heavy atom. The van der Waals surface area contributed by atoms with Gasteiger partial charge in [0.25, 0.3) is 0 Å². The van der Waals surface area contributed by atoms with Crippen molar-refractivity contribution >= 4 is 23.8 Å². The van der Waals surface area contributed by atoms with Gasteiger partial charge in [-0.1, -0.05) is 13.8 Å². The Labute approximate surface area is 128 Å². The molecule has 0 rings (SSSR count). The summed E-state index contributed by atoms with van der Waals surface area (Å²) in [6.07, 6.45) is -0.513. The van der Waals surface area contributed by atoms with E-state index in [9.17, 15) is 19.2 Å². The number of carboxylic acids is 2. The maximum absolute atomic E-state index is 12.0. The lowest BCUT2D eigenvalue weighted by Crippen LogP contribution is -2.54. The number of amides is 2. The zero-order valence-electron chi connectivity index (χ0n) is 12.8. The highest BCUT2D eigenvalue weighted by Gasteiger charge is 2.27. The fraction of sp³-hybridized carbons (Fsp3) is 0.692. The molecular formula is C13H23N3O6. The zero-order chi connectivity index (χ0) is 17.4. The van der Waals surface area contributed by atoms with E-state index in [1.807, 2.05) is 0 Å². The van der Waals surface area contributed by atoms with Gasteiger partial charge in [0.1, 0.15) is 12.1 Å². The predicted octanol–water partition coefficient (Wildman–Crippen LogP) is -1.09. The number of carbonyl (C=O) groups is 4. The van der Waals surface area contributed by atoms with E-state index in [1.165, 1.54) is 6.92 Å². The van der Waals surface area contributed by atoms with Crippen molar-refractivity contribution in [3.63, 3.8) is 0 Å². The summed E-state index contributed by atoms with van der Waals surface area (Å²) in [6, 6.07) is -3.16. The second-order valence-electron chi connectivity index (χ2n) is 5.33. The molecule has 0 unspecified atom stereocenters. The first-order chi connectivity index (χ1) is 10.1. The van der Waals surface area contributed by atoms with Crippen LogP contribution in [0.1, 0.15) is 33.6 Å². The van der Waals surface area contributed by atoms with E-state index >= 15 is 0 Å². The highest BCUT2D eigenvalue weighted by atomic mass is 16.4. The Kier molecular flexibility index (Phi) is 8.10. The molecule has 0 aliphatic carbocycles. The average Bonchev–Trinajstić information content (AvgIpc) is 2.41. The lowest BCUT2D eigenvalue weighted by molar-refractivity contribution is -0.142. The maximum Gasteiger partial charge on any atom is 0.325 e. The summed E-state index contributed by atoms with van der Waals surface area (Å²) in [5.41, 5.74) is 5.66. The largest absolute Gasteiger partial charge is 0.481 e. The van der Waals surface area contributed by atoms with Gasteiger partial charge in [0.15, 0.2) is 0 Å². The molecule has 22 heavy (non-hydrogen) atoms. The van der Waals surface area contributed by atoms with Crippen molar-refractivity contribution in [2.24, 2.45) is 11.7 Å². The maximum atomic E-state index is 12.0. The third kappa shape index (κ3) is 7.02. The summed E-state index contributed by atoms with van der Waals surface area (Å²) in [5.74, 6) is -3.90. The van der Waals surface area contributed by atoms with E-state index in [4.69, 9.17) is 15.9 Å². The molecule has 0 bridgehead atoms. The molecule has 0 aliphatic heterocycles. The van der Waals surface area contributed by atoms with Gasteiger partial charge < -0.3 is 26.6 Å². The quantitative estimate of drug-likeness (QED) is 0.361. The summed E-state index contributed by atoms with van der Waals surface area (Å²) in [4.78, 5) is 45.2. The number of carbonyl (C=O) groups excluding carboxylic acids is 2. The molecule has 0 heterocycles. The van der Waals surface area contributed by atoms with E-state index < -0.39 is 41.9 Å². The second-order valence-corrected chi connectivity index (χ2v) is 5.33. The van der Waals surface area contributed by atoms with Gasteiger partial charge in [0, 0.05) is 6.42 Å². The Morgan fingerprint density at radius 2 is 1.55 bits per heavy atom. The lowest BCUT2D eigenvalue weighted by Gasteiger charge is -2.22. The van der Waals surface area contributed by atoms with Crippen molar-refractivity contribution in [1.29, 1.82) is 0 Å². The number of hydrogen-bond donors (Lipinski definition) is 5. The second kappa shape index (κ2) is 8.98. The third-order valence-electron chi connectivity index (χ3n) is 3.03. The SMILES string of the molecule is CC(C)[C@H](N)C(=O)N[C@@H](CCC(=O)O)C(=O)N[C@H](C)C(=O)O. The minimum absolute atomic E-state index is 0.163. The van der Waals surface area contributed by atoms with E-state index in [1.54, 1.807) is 13.8 Å². The fourth-order valence-corrected chi connectivity index (χ4v) is 1.48. The number of carboxylic acid groups (broad SMARTS) is 2. The number of nitrogens with one attached hydrogen (secondary N) is 2. The van der Waals surface area contributed by atoms with Crippen LogP contribution in [-0.2, 0) is 19.2 Å². The summed E-state index contributed by atoms with van der Waals surface area (Å²) in [6.45, 7) is 4.71. The van der Waals surface area contributed by atoms with Gasteiger partial charge in [0.2, 0.25) is 11.8 Å². The van der Waals surface area contributed by atoms with Crippen molar-refractivity contribution in [2.45, 2.75) is 51.7 Å². The Bertz CT molecular complexity index is 437. The Hall–Kier alpha value is -2.16. The van der Waals surface area contributed by atoms with Crippen molar-refractivity contribution in [2.75, 3.05) is 0 Å². The van der Waals surface area contributed by atoms with Crippen LogP contribution >= 0.6 is 0 Å². The van der Waals surface area contributed by atoms with Gasteiger partial charge in [-0.3, -0.25) is 19.2 Å². The molecule has 0 saturated carbocycles. The molecule has 0 aromatic carbocycles. The van der Waals surface area contributed by atoms with Gasteiger partial charge in [-0.25, -0.2) is 0 Å². The van der Waals surface area contributed by atoms with Gasteiger partial charge in [-0.2, -0.15) is 0 Å². The first-order valence-corrected chi connectivity index (χ1v) is 6.87. The van der Waals surface area contributed by atoms with E-state index in [0.717, 1.165) is 0 Å². The zero-order valence-corrected chi connectivity index (χ0v) is 12.8. The molecule has 9 nitrogen and oxygen atoms in total. The predicted molar refractivity (Wildman–Crippen MR) is 76.9 cm³/mol. The van der Waals surface area contributed by atoms with Gasteiger partial charge in [-0.15, -0.1) is 0 Å². The summed E-state index contributed by atoms with van der Waals surface area (Å²) in [7, 11) is 0. The van der Waals surface area contributed by atoms with Crippen molar-refractivity contribution in [3.8, 4) is 0 Å². The molecule has 0 aliphatic rings. The molecule has 0 aromatic heterocycles. The van der Waals surface area contributed by atoms with Crippen LogP contribution in [-0.4, -0.2) is 52.1 Å².